The SMILES string of the molecule is Fc1cc(NC2CCSc3ccccc32)cc(F)c1F. The van der Waals surface area contributed by atoms with Gasteiger partial charge in [-0.15, -0.1) is 11.8 Å². The van der Waals surface area contributed by atoms with Gasteiger partial charge in [-0.25, -0.2) is 13.2 Å². The molecule has 0 saturated carbocycles. The van der Waals surface area contributed by atoms with Crippen LogP contribution in [0.25, 0.3) is 0 Å². The van der Waals surface area contributed by atoms with E-state index >= 15 is 0 Å². The van der Waals surface area contributed by atoms with Crippen molar-refractivity contribution in [2.45, 2.75) is 17.4 Å². The number of benzene rings is 2. The third kappa shape index (κ3) is 2.50. The average molecular weight is 295 g/mol. The first-order valence-electron chi connectivity index (χ1n) is 6.28. The zero-order valence-corrected chi connectivity index (χ0v) is 11.3. The second-order valence-corrected chi connectivity index (χ2v) is 5.76. The van der Waals surface area contributed by atoms with E-state index < -0.39 is 17.5 Å². The number of hydrogen-bond donors (Lipinski definition) is 1. The summed E-state index contributed by atoms with van der Waals surface area (Å²) < 4.78 is 39.4. The van der Waals surface area contributed by atoms with Crippen molar-refractivity contribution in [2.75, 3.05) is 11.1 Å². The first-order valence-corrected chi connectivity index (χ1v) is 7.26. The number of fused-ring (bicyclic) bond motifs is 1. The van der Waals surface area contributed by atoms with Gasteiger partial charge in [-0.3, -0.25) is 0 Å². The van der Waals surface area contributed by atoms with Gasteiger partial charge in [0, 0.05) is 28.5 Å². The molecule has 20 heavy (non-hydrogen) atoms. The molecule has 0 bridgehead atoms. The van der Waals surface area contributed by atoms with Gasteiger partial charge in [-0.05, 0) is 18.1 Å². The molecule has 0 saturated heterocycles. The van der Waals surface area contributed by atoms with Crippen LogP contribution in [0.3, 0.4) is 0 Å². The highest BCUT2D eigenvalue weighted by Gasteiger charge is 2.21. The number of anilines is 1. The molecule has 0 amide bonds. The fourth-order valence-electron chi connectivity index (χ4n) is 2.33. The predicted octanol–water partition coefficient (Wildman–Crippen LogP) is 4.75. The standard InChI is InChI=1S/C15H12F3NS/c16-11-7-9(8-12(17)15(11)18)19-13-5-6-20-14-4-2-1-3-10(13)14/h1-4,7-8,13,19H,5-6H2. The largest absolute Gasteiger partial charge is 0.378 e. The first-order chi connectivity index (χ1) is 9.65. The Morgan fingerprint density at radius 2 is 1.75 bits per heavy atom. The second-order valence-electron chi connectivity index (χ2n) is 4.63. The van der Waals surface area contributed by atoms with Gasteiger partial charge in [0.05, 0.1) is 6.04 Å². The molecule has 0 fully saturated rings. The number of nitrogens with one attached hydrogen (secondary N) is 1. The maximum absolute atomic E-state index is 13.2. The van der Waals surface area contributed by atoms with E-state index in [-0.39, 0.29) is 11.7 Å². The molecule has 1 heterocycles. The lowest BCUT2D eigenvalue weighted by molar-refractivity contribution is 0.447. The van der Waals surface area contributed by atoms with Crippen molar-refractivity contribution in [3.05, 3.63) is 59.4 Å². The highest BCUT2D eigenvalue weighted by atomic mass is 32.2. The van der Waals surface area contributed by atoms with E-state index in [4.69, 9.17) is 0 Å². The molecule has 3 rings (SSSR count). The number of thioether (sulfide) groups is 1. The lowest BCUT2D eigenvalue weighted by Gasteiger charge is -2.26. The average Bonchev–Trinajstić information content (AvgIpc) is 2.45. The molecule has 0 aliphatic carbocycles. The van der Waals surface area contributed by atoms with E-state index in [9.17, 15) is 13.2 Å². The molecular formula is C15H12F3NS. The Hall–Kier alpha value is -1.62. The molecule has 0 spiro atoms. The summed E-state index contributed by atoms with van der Waals surface area (Å²) in [6, 6.07) is 9.88. The van der Waals surface area contributed by atoms with Crippen LogP contribution in [-0.4, -0.2) is 5.75 Å². The van der Waals surface area contributed by atoms with Crippen LogP contribution < -0.4 is 5.32 Å². The summed E-state index contributed by atoms with van der Waals surface area (Å²) in [6.45, 7) is 0. The van der Waals surface area contributed by atoms with Crippen LogP contribution >= 0.6 is 11.8 Å². The van der Waals surface area contributed by atoms with Crippen molar-refractivity contribution in [3.63, 3.8) is 0 Å². The lowest BCUT2D eigenvalue weighted by Crippen LogP contribution is -2.16. The molecule has 5 heteroatoms. The van der Waals surface area contributed by atoms with Gasteiger partial charge in [0.25, 0.3) is 0 Å². The topological polar surface area (TPSA) is 12.0 Å². The van der Waals surface area contributed by atoms with Crippen molar-refractivity contribution in [1.29, 1.82) is 0 Å². The maximum Gasteiger partial charge on any atom is 0.194 e. The molecule has 2 aromatic rings. The number of hydrogen-bond acceptors (Lipinski definition) is 2. The van der Waals surface area contributed by atoms with Crippen LogP contribution in [0.15, 0.2) is 41.3 Å². The zero-order valence-electron chi connectivity index (χ0n) is 10.5. The third-order valence-corrected chi connectivity index (χ3v) is 4.41. The van der Waals surface area contributed by atoms with Crippen molar-refractivity contribution in [2.24, 2.45) is 0 Å². The summed E-state index contributed by atoms with van der Waals surface area (Å²) in [5, 5.41) is 3.09. The minimum Gasteiger partial charge on any atom is -0.378 e. The van der Waals surface area contributed by atoms with Crippen molar-refractivity contribution >= 4 is 17.4 Å². The van der Waals surface area contributed by atoms with Gasteiger partial charge in [0.2, 0.25) is 0 Å². The Kier molecular flexibility index (Phi) is 3.61. The van der Waals surface area contributed by atoms with E-state index in [1.54, 1.807) is 11.8 Å². The van der Waals surface area contributed by atoms with Crippen molar-refractivity contribution in [3.8, 4) is 0 Å². The third-order valence-electron chi connectivity index (χ3n) is 3.28. The summed E-state index contributed by atoms with van der Waals surface area (Å²) in [4.78, 5) is 1.17. The summed E-state index contributed by atoms with van der Waals surface area (Å²) in [6.07, 6.45) is 0.849. The summed E-state index contributed by atoms with van der Waals surface area (Å²) >= 11 is 1.76. The van der Waals surface area contributed by atoms with Crippen LogP contribution in [0.4, 0.5) is 18.9 Å². The molecular weight excluding hydrogens is 283 g/mol. The summed E-state index contributed by atoms with van der Waals surface area (Å²) in [5.41, 5.74) is 1.36. The fraction of sp³-hybridized carbons (Fsp3) is 0.200. The molecule has 2 aromatic carbocycles. The molecule has 1 atom stereocenters. The quantitative estimate of drug-likeness (QED) is 0.802. The van der Waals surface area contributed by atoms with E-state index in [2.05, 4.69) is 5.32 Å². The second kappa shape index (κ2) is 5.40. The minimum atomic E-state index is -1.44. The van der Waals surface area contributed by atoms with Crippen LogP contribution in [0.2, 0.25) is 0 Å². The van der Waals surface area contributed by atoms with Gasteiger partial charge in [-0.2, -0.15) is 0 Å². The monoisotopic (exact) mass is 295 g/mol. The van der Waals surface area contributed by atoms with E-state index in [1.165, 1.54) is 4.90 Å². The van der Waals surface area contributed by atoms with Crippen molar-refractivity contribution < 1.29 is 13.2 Å². The van der Waals surface area contributed by atoms with Gasteiger partial charge < -0.3 is 5.32 Å². The smallest absolute Gasteiger partial charge is 0.194 e. The molecule has 1 N–H and O–H groups in total. The minimum absolute atomic E-state index is 0.0169. The van der Waals surface area contributed by atoms with Crippen LogP contribution in [0.5, 0.6) is 0 Å². The highest BCUT2D eigenvalue weighted by molar-refractivity contribution is 7.99. The Morgan fingerprint density at radius 3 is 2.50 bits per heavy atom. The van der Waals surface area contributed by atoms with E-state index in [1.807, 2.05) is 24.3 Å². The Labute approximate surface area is 119 Å². The summed E-state index contributed by atoms with van der Waals surface area (Å²) in [5.74, 6) is -2.85. The fourth-order valence-corrected chi connectivity index (χ4v) is 3.46. The van der Waals surface area contributed by atoms with Gasteiger partial charge in [0.15, 0.2) is 17.5 Å². The summed E-state index contributed by atoms with van der Waals surface area (Å²) in [7, 11) is 0. The Balaban J connectivity index is 1.89. The van der Waals surface area contributed by atoms with Gasteiger partial charge in [0.1, 0.15) is 0 Å². The number of halogens is 3. The highest BCUT2D eigenvalue weighted by Crippen LogP contribution is 2.37. The van der Waals surface area contributed by atoms with Gasteiger partial charge in [-0.1, -0.05) is 18.2 Å². The maximum atomic E-state index is 13.2. The predicted molar refractivity (Wildman–Crippen MR) is 74.5 cm³/mol. The molecule has 1 unspecified atom stereocenters. The molecule has 1 aliphatic heterocycles. The number of rotatable bonds is 2. The molecule has 1 nitrogen and oxygen atoms in total. The Bertz CT molecular complexity index is 622. The van der Waals surface area contributed by atoms with Crippen LogP contribution in [0.1, 0.15) is 18.0 Å². The van der Waals surface area contributed by atoms with E-state index in [0.29, 0.717) is 0 Å². The van der Waals surface area contributed by atoms with Crippen LogP contribution in [-0.2, 0) is 0 Å². The molecule has 0 aromatic heterocycles. The van der Waals surface area contributed by atoms with E-state index in [0.717, 1.165) is 29.9 Å². The zero-order chi connectivity index (χ0) is 14.1. The molecule has 0 radical (unpaired) electrons. The molecule has 104 valence electrons. The lowest BCUT2D eigenvalue weighted by atomic mass is 10.0. The van der Waals surface area contributed by atoms with Crippen molar-refractivity contribution in [1.82, 2.24) is 0 Å². The van der Waals surface area contributed by atoms with Crippen LogP contribution in [0, 0.1) is 17.5 Å². The normalized spacial score (nSPS) is 17.6. The molecule has 1 aliphatic rings. The first kappa shape index (κ1) is 13.4. The van der Waals surface area contributed by atoms with Gasteiger partial charge >= 0.3 is 0 Å². The Morgan fingerprint density at radius 1 is 1.05 bits per heavy atom.